The highest BCUT2D eigenvalue weighted by atomic mass is 19.1. The van der Waals surface area contributed by atoms with Crippen LogP contribution in [0.25, 0.3) is 39.1 Å². The highest BCUT2D eigenvalue weighted by Gasteiger charge is 2.48. The molecular formula is C37H36FN7O3. The number of hydrogen-bond acceptors (Lipinski definition) is 7. The van der Waals surface area contributed by atoms with Gasteiger partial charge in [-0.15, -0.1) is 0 Å². The average molecular weight is 646 g/mol. The van der Waals surface area contributed by atoms with Crippen molar-refractivity contribution < 1.29 is 19.1 Å². The number of anilines is 1. The van der Waals surface area contributed by atoms with Gasteiger partial charge in [0, 0.05) is 54.2 Å². The van der Waals surface area contributed by atoms with Gasteiger partial charge in [-0.1, -0.05) is 30.3 Å². The van der Waals surface area contributed by atoms with Gasteiger partial charge in [-0.3, -0.25) is 19.6 Å². The normalized spacial score (nSPS) is 18.9. The first-order valence-electron chi connectivity index (χ1n) is 16.1. The van der Waals surface area contributed by atoms with Crippen molar-refractivity contribution in [3.8, 4) is 22.6 Å². The van der Waals surface area contributed by atoms with E-state index in [-0.39, 0.29) is 30.7 Å². The zero-order valence-corrected chi connectivity index (χ0v) is 26.6. The second-order valence-corrected chi connectivity index (χ2v) is 12.6. The van der Waals surface area contributed by atoms with Crippen molar-refractivity contribution in [2.75, 3.05) is 38.0 Å². The molecule has 2 amide bonds. The molecule has 2 aliphatic heterocycles. The molecule has 0 saturated carbocycles. The molecule has 0 aliphatic carbocycles. The summed E-state index contributed by atoms with van der Waals surface area (Å²) in [6.45, 7) is 3.73. The van der Waals surface area contributed by atoms with E-state index < -0.39 is 11.5 Å². The van der Waals surface area contributed by atoms with E-state index in [0.29, 0.717) is 43.3 Å². The maximum Gasteiger partial charge on any atom is 0.237 e. The van der Waals surface area contributed by atoms with Crippen LogP contribution in [-0.2, 0) is 9.59 Å². The number of aliphatic hydroxyl groups is 1. The molecule has 2 aliphatic rings. The number of fused-ring (bicyclic) bond motifs is 1. The van der Waals surface area contributed by atoms with Gasteiger partial charge in [0.15, 0.2) is 5.82 Å². The number of halogens is 1. The van der Waals surface area contributed by atoms with Crippen molar-refractivity contribution in [1.29, 1.82) is 0 Å². The van der Waals surface area contributed by atoms with Crippen LogP contribution in [0.3, 0.4) is 0 Å². The van der Waals surface area contributed by atoms with Crippen LogP contribution in [0.15, 0.2) is 91.3 Å². The minimum atomic E-state index is -1.07. The minimum absolute atomic E-state index is 0.00223. The smallest absolute Gasteiger partial charge is 0.237 e. The van der Waals surface area contributed by atoms with E-state index in [1.165, 1.54) is 17.7 Å². The third-order valence-electron chi connectivity index (χ3n) is 9.57. The average Bonchev–Trinajstić information content (AvgIpc) is 3.74. The molecular weight excluding hydrogens is 609 g/mol. The van der Waals surface area contributed by atoms with Gasteiger partial charge in [-0.05, 0) is 86.0 Å². The number of aliphatic hydroxyl groups excluding tert-OH is 1. The zero-order chi connectivity index (χ0) is 33.3. The Bertz CT molecular complexity index is 1980. The van der Waals surface area contributed by atoms with Crippen LogP contribution >= 0.6 is 0 Å². The topological polar surface area (TPSA) is 127 Å². The van der Waals surface area contributed by atoms with Gasteiger partial charge in [-0.25, -0.2) is 14.4 Å². The lowest BCUT2D eigenvalue weighted by Gasteiger charge is -2.32. The first-order chi connectivity index (χ1) is 23.3. The number of nitrogens with one attached hydrogen (secondary N) is 2. The summed E-state index contributed by atoms with van der Waals surface area (Å²) < 4.78 is 13.5. The van der Waals surface area contributed by atoms with Gasteiger partial charge in [0.1, 0.15) is 5.82 Å². The lowest BCUT2D eigenvalue weighted by molar-refractivity contribution is -0.134. The van der Waals surface area contributed by atoms with Crippen LogP contribution in [0.1, 0.15) is 25.3 Å². The maximum atomic E-state index is 13.8. The monoisotopic (exact) mass is 645 g/mol. The Balaban J connectivity index is 0.979. The molecule has 1 fully saturated rings. The second-order valence-electron chi connectivity index (χ2n) is 12.6. The number of benzene rings is 3. The number of carbonyl (C=O) groups is 2. The number of hydrogen-bond donors (Lipinski definition) is 3. The standard InChI is InChI=1S/C37H36FN7O3/c1-24(46)37(36(48)41-30-11-12-32-31(21-30)34(43-42-32)27-7-9-29(38)10-8-27)15-20-44(23-37)22-33(47)45-18-13-26(14-19-45)25-3-5-28(6-4-25)35-39-16-2-17-40-35/h2-13,16-17,21,24,46H,14-15,18-20,22-23H2,1H3,(H,41,48)(H,42,43). The summed E-state index contributed by atoms with van der Waals surface area (Å²) in [7, 11) is 0. The van der Waals surface area contributed by atoms with Gasteiger partial charge in [-0.2, -0.15) is 5.10 Å². The molecule has 5 aromatic rings. The van der Waals surface area contributed by atoms with Gasteiger partial charge in [0.05, 0.1) is 29.3 Å². The quantitative estimate of drug-likeness (QED) is 0.213. The van der Waals surface area contributed by atoms with E-state index in [1.54, 1.807) is 43.6 Å². The Hall–Kier alpha value is -5.26. The fourth-order valence-corrected chi connectivity index (χ4v) is 6.67. The highest BCUT2D eigenvalue weighted by Crippen LogP contribution is 2.37. The minimum Gasteiger partial charge on any atom is -0.392 e. The van der Waals surface area contributed by atoms with Crippen molar-refractivity contribution in [2.24, 2.45) is 5.41 Å². The van der Waals surface area contributed by atoms with Gasteiger partial charge >= 0.3 is 0 Å². The predicted molar refractivity (Wildman–Crippen MR) is 182 cm³/mol. The summed E-state index contributed by atoms with van der Waals surface area (Å²) in [6, 6.07) is 21.5. The van der Waals surface area contributed by atoms with Crippen LogP contribution in [0.5, 0.6) is 0 Å². The molecule has 0 spiro atoms. The number of carbonyl (C=O) groups excluding carboxylic acids is 2. The van der Waals surface area contributed by atoms with Crippen molar-refractivity contribution in [2.45, 2.75) is 25.9 Å². The highest BCUT2D eigenvalue weighted by molar-refractivity contribution is 6.00. The van der Waals surface area contributed by atoms with Gasteiger partial charge in [0.25, 0.3) is 0 Å². The summed E-state index contributed by atoms with van der Waals surface area (Å²) in [5.74, 6) is 0.0588. The van der Waals surface area contributed by atoms with E-state index in [9.17, 15) is 19.1 Å². The van der Waals surface area contributed by atoms with Crippen LogP contribution in [0.4, 0.5) is 10.1 Å². The van der Waals surface area contributed by atoms with Crippen molar-refractivity contribution in [3.63, 3.8) is 0 Å². The Morgan fingerprint density at radius 1 is 1.00 bits per heavy atom. The molecule has 2 unspecified atom stereocenters. The van der Waals surface area contributed by atoms with E-state index in [1.807, 2.05) is 34.1 Å². The molecule has 3 aromatic carbocycles. The summed E-state index contributed by atoms with van der Waals surface area (Å²) in [6.07, 6.45) is 5.80. The number of aromatic nitrogens is 4. The number of aromatic amines is 1. The first kappa shape index (κ1) is 31.3. The Kier molecular flexibility index (Phi) is 8.55. The number of H-pyrrole nitrogens is 1. The first-order valence-corrected chi connectivity index (χ1v) is 16.1. The van der Waals surface area contributed by atoms with Crippen molar-refractivity contribution >= 4 is 34.0 Å². The molecule has 3 N–H and O–H groups in total. The van der Waals surface area contributed by atoms with E-state index in [2.05, 4.69) is 43.7 Å². The molecule has 2 aromatic heterocycles. The molecule has 0 radical (unpaired) electrons. The summed E-state index contributed by atoms with van der Waals surface area (Å²) in [4.78, 5) is 39.6. The molecule has 0 bridgehead atoms. The van der Waals surface area contributed by atoms with Gasteiger partial charge < -0.3 is 15.3 Å². The number of likely N-dealkylation sites (tertiary alicyclic amines) is 1. The van der Waals surface area contributed by atoms with Crippen LogP contribution in [-0.4, -0.2) is 85.7 Å². The Labute approximate surface area is 277 Å². The third-order valence-corrected chi connectivity index (χ3v) is 9.57. The number of rotatable bonds is 8. The van der Waals surface area contributed by atoms with E-state index in [0.717, 1.165) is 34.0 Å². The van der Waals surface area contributed by atoms with Crippen LogP contribution < -0.4 is 5.32 Å². The molecule has 10 nitrogen and oxygen atoms in total. The maximum absolute atomic E-state index is 13.8. The predicted octanol–water partition coefficient (Wildman–Crippen LogP) is 5.15. The van der Waals surface area contributed by atoms with Crippen LogP contribution in [0.2, 0.25) is 0 Å². The Morgan fingerprint density at radius 3 is 2.44 bits per heavy atom. The summed E-state index contributed by atoms with van der Waals surface area (Å²) in [5, 5.41) is 22.0. The molecule has 11 heteroatoms. The second kappa shape index (κ2) is 13.1. The lowest BCUT2D eigenvalue weighted by atomic mass is 9.80. The summed E-state index contributed by atoms with van der Waals surface area (Å²) >= 11 is 0. The summed E-state index contributed by atoms with van der Waals surface area (Å²) in [5.41, 5.74) is 4.93. The molecule has 2 atom stereocenters. The van der Waals surface area contributed by atoms with Crippen molar-refractivity contribution in [1.82, 2.24) is 30.0 Å². The van der Waals surface area contributed by atoms with E-state index >= 15 is 0 Å². The molecule has 244 valence electrons. The van der Waals surface area contributed by atoms with Crippen molar-refractivity contribution in [3.05, 3.63) is 103 Å². The van der Waals surface area contributed by atoms with Gasteiger partial charge in [0.2, 0.25) is 11.8 Å². The Morgan fingerprint density at radius 2 is 1.73 bits per heavy atom. The molecule has 1 saturated heterocycles. The number of nitrogens with zero attached hydrogens (tertiary/aromatic N) is 5. The SMILES string of the molecule is CC(O)C1(C(=O)Nc2ccc3[nH]nc(-c4ccc(F)cc4)c3c2)CCN(CC(=O)N2CC=C(c3ccc(-c4ncccn4)cc3)CC2)C1. The van der Waals surface area contributed by atoms with E-state index in [4.69, 9.17) is 0 Å². The lowest BCUT2D eigenvalue weighted by Crippen LogP contribution is -2.48. The molecule has 4 heterocycles. The largest absolute Gasteiger partial charge is 0.392 e. The van der Waals surface area contributed by atoms with Crippen LogP contribution in [0, 0.1) is 11.2 Å². The zero-order valence-electron chi connectivity index (χ0n) is 26.6. The molecule has 48 heavy (non-hydrogen) atoms. The fraction of sp³-hybridized carbons (Fsp3) is 0.270. The number of amides is 2. The fourth-order valence-electron chi connectivity index (χ4n) is 6.67. The third kappa shape index (κ3) is 6.22. The molecule has 7 rings (SSSR count).